The van der Waals surface area contributed by atoms with Gasteiger partial charge in [-0.25, -0.2) is 0 Å². The fourth-order valence-electron chi connectivity index (χ4n) is 1.43. The van der Waals surface area contributed by atoms with E-state index in [1.54, 1.807) is 31.3 Å². The van der Waals surface area contributed by atoms with Crippen LogP contribution in [0.5, 0.6) is 5.75 Å². The predicted molar refractivity (Wildman–Crippen MR) is 76.9 cm³/mol. The first kappa shape index (κ1) is 15.4. The van der Waals surface area contributed by atoms with Crippen molar-refractivity contribution >= 4 is 23.1 Å². The van der Waals surface area contributed by atoms with Gasteiger partial charge in [-0.05, 0) is 6.07 Å². The van der Waals surface area contributed by atoms with Gasteiger partial charge in [-0.2, -0.15) is 0 Å². The van der Waals surface area contributed by atoms with Crippen LogP contribution in [0.3, 0.4) is 0 Å². The minimum absolute atomic E-state index is 0.0785. The van der Waals surface area contributed by atoms with Gasteiger partial charge in [-0.3, -0.25) is 4.79 Å². The monoisotopic (exact) mass is 282 g/mol. The first-order valence-electron chi connectivity index (χ1n) is 5.88. The Morgan fingerprint density at radius 1 is 1.47 bits per heavy atom. The van der Waals surface area contributed by atoms with Gasteiger partial charge in [0.1, 0.15) is 5.75 Å². The average molecular weight is 282 g/mol. The van der Waals surface area contributed by atoms with Crippen LogP contribution in [0, 0.1) is 0 Å². The smallest absolute Gasteiger partial charge is 0.260 e. The molecule has 0 saturated heterocycles. The summed E-state index contributed by atoms with van der Waals surface area (Å²) in [6.07, 6.45) is 0.491. The summed E-state index contributed by atoms with van der Waals surface area (Å²) in [5, 5.41) is 9.13. The maximum absolute atomic E-state index is 11.8. The molecule has 6 heteroatoms. The fraction of sp³-hybridized carbons (Fsp3) is 0.385. The number of para-hydroxylation sites is 1. The van der Waals surface area contributed by atoms with E-state index < -0.39 is 0 Å². The van der Waals surface area contributed by atoms with Crippen molar-refractivity contribution in [2.24, 2.45) is 5.73 Å². The molecular weight excluding hydrogens is 264 g/mol. The number of rotatable bonds is 7. The van der Waals surface area contributed by atoms with Crippen molar-refractivity contribution < 1.29 is 14.6 Å². The number of aliphatic hydroxyl groups excluding tert-OH is 1. The van der Waals surface area contributed by atoms with E-state index in [1.165, 1.54) is 4.90 Å². The number of nitrogens with two attached hydrogens (primary N) is 1. The Labute approximate surface area is 118 Å². The van der Waals surface area contributed by atoms with E-state index >= 15 is 0 Å². The molecule has 1 aromatic carbocycles. The van der Waals surface area contributed by atoms with Crippen molar-refractivity contribution in [2.75, 3.05) is 20.2 Å². The summed E-state index contributed by atoms with van der Waals surface area (Å²) in [5.74, 6) is 0.352. The van der Waals surface area contributed by atoms with Gasteiger partial charge in [0.15, 0.2) is 6.61 Å². The Kier molecular flexibility index (Phi) is 6.24. The molecule has 1 rings (SSSR count). The van der Waals surface area contributed by atoms with Crippen molar-refractivity contribution in [3.63, 3.8) is 0 Å². The third-order valence-corrected chi connectivity index (χ3v) is 2.82. The van der Waals surface area contributed by atoms with Crippen molar-refractivity contribution in [1.82, 2.24) is 4.90 Å². The molecule has 0 aliphatic rings. The third-order valence-electron chi connectivity index (χ3n) is 2.61. The van der Waals surface area contributed by atoms with Gasteiger partial charge < -0.3 is 20.5 Å². The van der Waals surface area contributed by atoms with Crippen molar-refractivity contribution in [3.8, 4) is 5.75 Å². The lowest BCUT2D eigenvalue weighted by Gasteiger charge is -2.17. The molecule has 0 bridgehead atoms. The third kappa shape index (κ3) is 5.23. The van der Waals surface area contributed by atoms with E-state index in [4.69, 9.17) is 27.8 Å². The number of aliphatic hydroxyl groups is 1. The largest absolute Gasteiger partial charge is 0.483 e. The zero-order chi connectivity index (χ0) is 14.3. The van der Waals surface area contributed by atoms with Crippen LogP contribution in [0.15, 0.2) is 24.3 Å². The lowest BCUT2D eigenvalue weighted by atomic mass is 10.2. The number of hydrogen-bond donors (Lipinski definition) is 2. The Morgan fingerprint density at radius 2 is 2.16 bits per heavy atom. The number of carbonyl (C=O) groups excluding carboxylic acids is 1. The summed E-state index contributed by atoms with van der Waals surface area (Å²) in [7, 11) is 1.67. The molecule has 0 radical (unpaired) electrons. The minimum atomic E-state index is -0.163. The lowest BCUT2D eigenvalue weighted by molar-refractivity contribution is -0.131. The number of amides is 1. The van der Waals surface area contributed by atoms with Crippen LogP contribution >= 0.6 is 12.2 Å². The fourth-order valence-corrected chi connectivity index (χ4v) is 1.52. The number of carbonyl (C=O) groups is 1. The maximum Gasteiger partial charge on any atom is 0.260 e. The SMILES string of the molecule is CN(CCC(N)=S)C(=O)COc1ccccc1CO. The molecule has 0 aliphatic heterocycles. The van der Waals surface area contributed by atoms with Crippen LogP contribution in [0.25, 0.3) is 0 Å². The number of hydrogen-bond acceptors (Lipinski definition) is 4. The summed E-state index contributed by atoms with van der Waals surface area (Å²) in [6, 6.07) is 7.05. The maximum atomic E-state index is 11.8. The summed E-state index contributed by atoms with van der Waals surface area (Å²) in [5.41, 5.74) is 6.03. The van der Waals surface area contributed by atoms with Crippen LogP contribution in [-0.4, -0.2) is 41.1 Å². The van der Waals surface area contributed by atoms with Gasteiger partial charge in [-0.1, -0.05) is 30.4 Å². The van der Waals surface area contributed by atoms with E-state index in [-0.39, 0.29) is 19.1 Å². The number of likely N-dealkylation sites (N-methyl/N-ethyl adjacent to an activating group) is 1. The highest BCUT2D eigenvalue weighted by Gasteiger charge is 2.10. The van der Waals surface area contributed by atoms with Gasteiger partial charge >= 0.3 is 0 Å². The van der Waals surface area contributed by atoms with E-state index in [0.29, 0.717) is 29.3 Å². The lowest BCUT2D eigenvalue weighted by Crippen LogP contribution is -2.33. The van der Waals surface area contributed by atoms with Crippen molar-refractivity contribution in [3.05, 3.63) is 29.8 Å². The zero-order valence-corrected chi connectivity index (χ0v) is 11.7. The quantitative estimate of drug-likeness (QED) is 0.720. The molecule has 0 saturated carbocycles. The Bertz CT molecular complexity index is 451. The first-order chi connectivity index (χ1) is 9.04. The highest BCUT2D eigenvalue weighted by molar-refractivity contribution is 7.80. The molecule has 0 spiro atoms. The van der Waals surface area contributed by atoms with E-state index in [0.717, 1.165) is 0 Å². The standard InChI is InChI=1S/C13H18N2O3S/c1-15(7-6-12(14)19)13(17)9-18-11-5-3-2-4-10(11)8-16/h2-5,16H,6-9H2,1H3,(H2,14,19). The molecule has 1 aromatic rings. The molecule has 5 nitrogen and oxygen atoms in total. The van der Waals surface area contributed by atoms with Gasteiger partial charge in [-0.15, -0.1) is 0 Å². The molecule has 19 heavy (non-hydrogen) atoms. The van der Waals surface area contributed by atoms with Gasteiger partial charge in [0.25, 0.3) is 5.91 Å². The zero-order valence-electron chi connectivity index (χ0n) is 10.8. The van der Waals surface area contributed by atoms with E-state index in [9.17, 15) is 4.79 Å². The van der Waals surface area contributed by atoms with Crippen molar-refractivity contribution in [2.45, 2.75) is 13.0 Å². The molecule has 0 atom stereocenters. The predicted octanol–water partition coefficient (Wildman–Crippen LogP) is 0.692. The molecule has 0 unspecified atom stereocenters. The Balaban J connectivity index is 2.47. The normalized spacial score (nSPS) is 10.0. The van der Waals surface area contributed by atoms with E-state index in [1.807, 2.05) is 0 Å². The molecule has 0 aliphatic carbocycles. The number of thiocarbonyl (C=S) groups is 1. The second kappa shape index (κ2) is 7.70. The van der Waals surface area contributed by atoms with Crippen LogP contribution in [0.1, 0.15) is 12.0 Å². The van der Waals surface area contributed by atoms with Crippen LogP contribution < -0.4 is 10.5 Å². The Hall–Kier alpha value is -1.66. The number of nitrogens with zero attached hydrogens (tertiary/aromatic N) is 1. The van der Waals surface area contributed by atoms with Crippen LogP contribution in [0.4, 0.5) is 0 Å². The second-order valence-corrected chi connectivity index (χ2v) is 4.61. The van der Waals surface area contributed by atoms with E-state index in [2.05, 4.69) is 0 Å². The highest BCUT2D eigenvalue weighted by atomic mass is 32.1. The van der Waals surface area contributed by atoms with Crippen molar-refractivity contribution in [1.29, 1.82) is 0 Å². The molecule has 3 N–H and O–H groups in total. The van der Waals surface area contributed by atoms with Gasteiger partial charge in [0.05, 0.1) is 11.6 Å². The first-order valence-corrected chi connectivity index (χ1v) is 6.29. The Morgan fingerprint density at radius 3 is 2.79 bits per heavy atom. The summed E-state index contributed by atoms with van der Waals surface area (Å²) in [4.78, 5) is 13.7. The molecule has 104 valence electrons. The van der Waals surface area contributed by atoms with Crippen LogP contribution in [-0.2, 0) is 11.4 Å². The topological polar surface area (TPSA) is 75.8 Å². The summed E-state index contributed by atoms with van der Waals surface area (Å²) < 4.78 is 5.40. The minimum Gasteiger partial charge on any atom is -0.483 e. The highest BCUT2D eigenvalue weighted by Crippen LogP contribution is 2.17. The van der Waals surface area contributed by atoms with Gasteiger partial charge in [0, 0.05) is 25.6 Å². The summed E-state index contributed by atoms with van der Waals surface area (Å²) >= 11 is 4.76. The molecular formula is C13H18N2O3S. The summed E-state index contributed by atoms with van der Waals surface area (Å²) in [6.45, 7) is 0.270. The van der Waals surface area contributed by atoms with Crippen LogP contribution in [0.2, 0.25) is 0 Å². The average Bonchev–Trinajstić information content (AvgIpc) is 2.42. The number of benzene rings is 1. The van der Waals surface area contributed by atoms with Gasteiger partial charge in [0.2, 0.25) is 0 Å². The molecule has 1 amide bonds. The molecule has 0 heterocycles. The molecule has 0 fully saturated rings. The number of ether oxygens (including phenoxy) is 1. The molecule has 0 aromatic heterocycles. The second-order valence-electron chi connectivity index (χ2n) is 4.09.